The fourth-order valence-electron chi connectivity index (χ4n) is 6.91. The van der Waals surface area contributed by atoms with Crippen molar-refractivity contribution < 1.29 is 63.1 Å². The third-order valence-corrected chi connectivity index (χ3v) is 11.8. The zero-order valence-corrected chi connectivity index (χ0v) is 39.5. The molecule has 1 aliphatic rings. The van der Waals surface area contributed by atoms with Crippen LogP contribution in [0.15, 0.2) is 60.8 Å². The third kappa shape index (κ3) is 31.2. The summed E-state index contributed by atoms with van der Waals surface area (Å²) in [6, 6.07) is 0. The second-order valence-corrected chi connectivity index (χ2v) is 18.0. The number of hydrogen-bond acceptors (Lipinski definition) is 12. The predicted molar refractivity (Wildman–Crippen MR) is 249 cm³/mol. The fourth-order valence-corrected chi connectivity index (χ4v) is 7.88. The van der Waals surface area contributed by atoms with E-state index in [-0.39, 0.29) is 12.8 Å². The van der Waals surface area contributed by atoms with Gasteiger partial charge >= 0.3 is 19.8 Å². The van der Waals surface area contributed by atoms with Crippen molar-refractivity contribution in [1.82, 2.24) is 0 Å². The van der Waals surface area contributed by atoms with E-state index in [0.717, 1.165) is 103 Å². The van der Waals surface area contributed by atoms with Crippen LogP contribution in [0, 0.1) is 0 Å². The predicted octanol–water partition coefficient (Wildman–Crippen LogP) is 9.73. The maximum absolute atomic E-state index is 12.8. The number of carbonyl (C=O) groups excluding carboxylic acids is 2. The van der Waals surface area contributed by atoms with Gasteiger partial charge in [-0.2, -0.15) is 0 Å². The molecule has 0 aromatic rings. The van der Waals surface area contributed by atoms with Gasteiger partial charge in [0.05, 0.1) is 6.61 Å². The van der Waals surface area contributed by atoms with Crippen LogP contribution >= 0.6 is 7.82 Å². The molecule has 6 unspecified atom stereocenters. The Balaban J connectivity index is 2.47. The van der Waals surface area contributed by atoms with E-state index in [9.17, 15) is 44.6 Å². The first-order valence-corrected chi connectivity index (χ1v) is 25.6. The van der Waals surface area contributed by atoms with Crippen molar-refractivity contribution >= 4 is 19.8 Å². The van der Waals surface area contributed by atoms with Crippen molar-refractivity contribution in [3.05, 3.63) is 60.8 Å². The van der Waals surface area contributed by atoms with E-state index in [1.165, 1.54) is 38.5 Å². The van der Waals surface area contributed by atoms with Crippen LogP contribution in [0.3, 0.4) is 0 Å². The van der Waals surface area contributed by atoms with Crippen LogP contribution < -0.4 is 0 Å². The van der Waals surface area contributed by atoms with E-state index in [1.807, 2.05) is 0 Å². The van der Waals surface area contributed by atoms with Gasteiger partial charge in [0.2, 0.25) is 0 Å². The van der Waals surface area contributed by atoms with E-state index in [0.29, 0.717) is 12.8 Å². The number of unbranched alkanes of at least 4 members (excludes halogenated alkanes) is 17. The maximum atomic E-state index is 12.8. The minimum Gasteiger partial charge on any atom is -0.462 e. The lowest BCUT2D eigenvalue weighted by Crippen LogP contribution is -2.64. The molecular formula is C49H85O13P. The molecule has 0 aromatic carbocycles. The van der Waals surface area contributed by atoms with E-state index in [4.69, 9.17) is 18.5 Å². The molecule has 1 aliphatic carbocycles. The third-order valence-electron chi connectivity index (χ3n) is 10.8. The zero-order valence-electron chi connectivity index (χ0n) is 38.6. The van der Waals surface area contributed by atoms with Crippen molar-refractivity contribution in [3.63, 3.8) is 0 Å². The van der Waals surface area contributed by atoms with Crippen molar-refractivity contribution in [3.8, 4) is 0 Å². The van der Waals surface area contributed by atoms with Crippen molar-refractivity contribution in [1.29, 1.82) is 0 Å². The molecule has 14 heteroatoms. The molecule has 0 aliphatic heterocycles. The first-order valence-electron chi connectivity index (χ1n) is 24.1. The molecule has 13 nitrogen and oxygen atoms in total. The summed E-state index contributed by atoms with van der Waals surface area (Å²) < 4.78 is 33.5. The van der Waals surface area contributed by atoms with Gasteiger partial charge < -0.3 is 39.9 Å². The first-order chi connectivity index (χ1) is 30.4. The van der Waals surface area contributed by atoms with Crippen molar-refractivity contribution in [2.45, 2.75) is 224 Å². The van der Waals surface area contributed by atoms with Gasteiger partial charge in [-0.15, -0.1) is 0 Å². The van der Waals surface area contributed by atoms with E-state index in [1.54, 1.807) is 0 Å². The Morgan fingerprint density at radius 2 is 0.857 bits per heavy atom. The molecule has 8 atom stereocenters. The summed E-state index contributed by atoms with van der Waals surface area (Å²) in [6.45, 7) is 3.22. The highest BCUT2D eigenvalue weighted by Gasteiger charge is 2.51. The van der Waals surface area contributed by atoms with Gasteiger partial charge in [-0.1, -0.05) is 145 Å². The second-order valence-electron chi connectivity index (χ2n) is 16.6. The summed E-state index contributed by atoms with van der Waals surface area (Å²) in [7, 11) is -5.13. The average Bonchev–Trinajstić information content (AvgIpc) is 3.26. The standard InChI is InChI=1S/C49H85O13P/c1-3-5-7-9-11-13-15-17-19-21-23-25-27-29-31-33-35-37-42(50)59-39-41(40-60-63(57,58)62-49-47(55)45(53)44(52)46(54)48(49)56)61-43(51)38-36-34-32-30-28-26-24-22-20-18-16-14-12-10-8-6-4-2/h11-14,17-20,23,25,41,44-49,52-56H,3-10,15-16,21-22,24,26-40H2,1-2H3,(H,57,58)/b13-11+,14-12+,19-17+,20-18+,25-23+/t41-,44?,45-,46?,47?,48?,49?/m0/s1. The molecule has 1 rings (SSSR count). The molecule has 63 heavy (non-hydrogen) atoms. The highest BCUT2D eigenvalue weighted by molar-refractivity contribution is 7.47. The lowest BCUT2D eigenvalue weighted by Gasteiger charge is -2.41. The minimum atomic E-state index is -5.13. The summed E-state index contributed by atoms with van der Waals surface area (Å²) in [5.74, 6) is -1.14. The summed E-state index contributed by atoms with van der Waals surface area (Å²) in [5, 5.41) is 50.2. The van der Waals surface area contributed by atoms with E-state index >= 15 is 0 Å². The Morgan fingerprint density at radius 1 is 0.492 bits per heavy atom. The molecule has 0 aromatic heterocycles. The average molecular weight is 913 g/mol. The highest BCUT2D eigenvalue weighted by atomic mass is 31.2. The van der Waals surface area contributed by atoms with Crippen LogP contribution in [0.1, 0.15) is 181 Å². The van der Waals surface area contributed by atoms with Gasteiger partial charge in [0.25, 0.3) is 0 Å². The first kappa shape index (κ1) is 58.6. The molecule has 0 spiro atoms. The number of phosphoric ester groups is 1. The topological polar surface area (TPSA) is 210 Å². The van der Waals surface area contributed by atoms with Gasteiger partial charge in [0.15, 0.2) is 6.10 Å². The molecule has 0 saturated heterocycles. The lowest BCUT2D eigenvalue weighted by molar-refractivity contribution is -0.220. The minimum absolute atomic E-state index is 0.0802. The smallest absolute Gasteiger partial charge is 0.462 e. The second kappa shape index (κ2) is 38.8. The molecule has 1 saturated carbocycles. The van der Waals surface area contributed by atoms with Crippen molar-refractivity contribution in [2.75, 3.05) is 13.2 Å². The Hall–Kier alpha value is -2.45. The molecule has 1 fully saturated rings. The summed E-state index contributed by atoms with van der Waals surface area (Å²) in [4.78, 5) is 35.7. The van der Waals surface area contributed by atoms with E-state index in [2.05, 4.69) is 74.6 Å². The largest absolute Gasteiger partial charge is 0.472 e. The maximum Gasteiger partial charge on any atom is 0.472 e. The zero-order chi connectivity index (χ0) is 46.4. The fraction of sp³-hybridized carbons (Fsp3) is 0.755. The number of aliphatic hydroxyl groups excluding tert-OH is 5. The number of aliphatic hydroxyl groups is 5. The van der Waals surface area contributed by atoms with Crippen LogP contribution in [0.4, 0.5) is 0 Å². The molecular weight excluding hydrogens is 827 g/mol. The summed E-state index contributed by atoms with van der Waals surface area (Å²) in [6.07, 6.45) is 34.0. The molecule has 0 heterocycles. The normalized spacial score (nSPS) is 22.2. The molecule has 364 valence electrons. The Labute approximate surface area is 379 Å². The van der Waals surface area contributed by atoms with Crippen LogP contribution in [0.2, 0.25) is 0 Å². The van der Waals surface area contributed by atoms with Gasteiger partial charge in [0, 0.05) is 12.8 Å². The summed E-state index contributed by atoms with van der Waals surface area (Å²) in [5.41, 5.74) is 0. The van der Waals surface area contributed by atoms with Crippen LogP contribution in [0.5, 0.6) is 0 Å². The number of rotatable bonds is 39. The van der Waals surface area contributed by atoms with Gasteiger partial charge in [-0.3, -0.25) is 18.6 Å². The quantitative estimate of drug-likeness (QED) is 0.0147. The molecule has 0 bridgehead atoms. The number of hydrogen-bond donors (Lipinski definition) is 6. The Bertz CT molecular complexity index is 1330. The Morgan fingerprint density at radius 3 is 1.30 bits per heavy atom. The molecule has 0 radical (unpaired) electrons. The van der Waals surface area contributed by atoms with Gasteiger partial charge in [0.1, 0.15) is 43.2 Å². The SMILES string of the molecule is CCCCC/C=C/C/C=C/C/C=C/CCCCCCC(=O)OC[C@@H](COP(=O)(O)OC1C(O)C(O)C(O)[C@H](O)C1O)OC(=O)CCCCCCCCC/C=C/C/C=C/CCCCC. The lowest BCUT2D eigenvalue weighted by atomic mass is 9.85. The van der Waals surface area contributed by atoms with Crippen LogP contribution in [-0.4, -0.2) is 98.3 Å². The molecule has 6 N–H and O–H groups in total. The monoisotopic (exact) mass is 913 g/mol. The number of ether oxygens (including phenoxy) is 2. The molecule has 0 amide bonds. The van der Waals surface area contributed by atoms with Crippen LogP contribution in [0.25, 0.3) is 0 Å². The number of esters is 2. The highest BCUT2D eigenvalue weighted by Crippen LogP contribution is 2.47. The Kier molecular flexibility index (Phi) is 36.1. The number of phosphoric acid groups is 1. The van der Waals surface area contributed by atoms with Crippen molar-refractivity contribution in [2.24, 2.45) is 0 Å². The number of allylic oxidation sites excluding steroid dienone is 10. The van der Waals surface area contributed by atoms with Crippen LogP contribution in [-0.2, 0) is 32.7 Å². The summed E-state index contributed by atoms with van der Waals surface area (Å²) >= 11 is 0. The van der Waals surface area contributed by atoms with E-state index < -0.39 is 75.7 Å². The van der Waals surface area contributed by atoms with Gasteiger partial charge in [-0.25, -0.2) is 4.57 Å². The van der Waals surface area contributed by atoms with Gasteiger partial charge in [-0.05, 0) is 83.5 Å². The number of carbonyl (C=O) groups is 2.